The van der Waals surface area contributed by atoms with Gasteiger partial charge >= 0.3 is 0 Å². The van der Waals surface area contributed by atoms with E-state index in [1.54, 1.807) is 45.5 Å². The predicted molar refractivity (Wildman–Crippen MR) is 101 cm³/mol. The molecule has 6 heteroatoms. The van der Waals surface area contributed by atoms with E-state index >= 15 is 0 Å². The first-order valence-electron chi connectivity index (χ1n) is 8.41. The zero-order chi connectivity index (χ0) is 18.9. The Bertz CT molecular complexity index is 774. The Morgan fingerprint density at radius 2 is 1.73 bits per heavy atom. The molecule has 2 aromatic carbocycles. The second-order valence-electron chi connectivity index (χ2n) is 5.72. The molecule has 0 saturated heterocycles. The van der Waals surface area contributed by atoms with E-state index in [1.807, 2.05) is 18.2 Å². The summed E-state index contributed by atoms with van der Waals surface area (Å²) in [6, 6.07) is 12.7. The van der Waals surface area contributed by atoms with Gasteiger partial charge in [-0.3, -0.25) is 9.59 Å². The second-order valence-corrected chi connectivity index (χ2v) is 5.72. The number of nitrogens with one attached hydrogen (secondary N) is 2. The largest absolute Gasteiger partial charge is 0.493 e. The van der Waals surface area contributed by atoms with Gasteiger partial charge in [-0.15, -0.1) is 0 Å². The van der Waals surface area contributed by atoms with E-state index in [0.717, 1.165) is 12.0 Å². The highest BCUT2D eigenvalue weighted by molar-refractivity contribution is 6.03. The zero-order valence-corrected chi connectivity index (χ0v) is 15.3. The first-order valence-corrected chi connectivity index (χ1v) is 8.41. The standard InChI is InChI=1S/C20H24N2O4/c1-21-20(24)15-8-4-5-9-16(15)22-19(23)10-6-7-14-11-12-17(25-2)18(13-14)26-3/h4-5,8-9,11-13H,6-7,10H2,1-3H3,(H,21,24)(H,22,23). The maximum absolute atomic E-state index is 12.2. The van der Waals surface area contributed by atoms with Crippen LogP contribution < -0.4 is 20.1 Å². The quantitative estimate of drug-likeness (QED) is 0.762. The lowest BCUT2D eigenvalue weighted by atomic mass is 10.1. The smallest absolute Gasteiger partial charge is 0.253 e. The van der Waals surface area contributed by atoms with Crippen LogP contribution in [-0.2, 0) is 11.2 Å². The van der Waals surface area contributed by atoms with Crippen molar-refractivity contribution in [2.24, 2.45) is 0 Å². The summed E-state index contributed by atoms with van der Waals surface area (Å²) in [6.07, 6.45) is 1.78. The predicted octanol–water partition coefficient (Wildman–Crippen LogP) is 3.02. The number of para-hydroxylation sites is 1. The van der Waals surface area contributed by atoms with Crippen LogP contribution in [0, 0.1) is 0 Å². The molecule has 0 saturated carbocycles. The summed E-state index contributed by atoms with van der Waals surface area (Å²) in [5.74, 6) is 1.00. The van der Waals surface area contributed by atoms with Crippen LogP contribution in [0.15, 0.2) is 42.5 Å². The van der Waals surface area contributed by atoms with Crippen LogP contribution in [0.5, 0.6) is 11.5 Å². The molecule has 2 N–H and O–H groups in total. The van der Waals surface area contributed by atoms with Crippen molar-refractivity contribution in [1.82, 2.24) is 5.32 Å². The van der Waals surface area contributed by atoms with Gasteiger partial charge in [0.15, 0.2) is 11.5 Å². The van der Waals surface area contributed by atoms with Crippen molar-refractivity contribution >= 4 is 17.5 Å². The third-order valence-corrected chi connectivity index (χ3v) is 3.99. The van der Waals surface area contributed by atoms with E-state index in [-0.39, 0.29) is 11.8 Å². The van der Waals surface area contributed by atoms with Crippen LogP contribution in [0.1, 0.15) is 28.8 Å². The number of rotatable bonds is 8. The van der Waals surface area contributed by atoms with Gasteiger partial charge in [0.05, 0.1) is 25.5 Å². The Morgan fingerprint density at radius 1 is 1.00 bits per heavy atom. The van der Waals surface area contributed by atoms with Gasteiger partial charge in [0.2, 0.25) is 5.91 Å². The number of hydrogen-bond donors (Lipinski definition) is 2. The summed E-state index contributed by atoms with van der Waals surface area (Å²) in [7, 11) is 4.75. The van der Waals surface area contributed by atoms with Gasteiger partial charge in [-0.25, -0.2) is 0 Å². The van der Waals surface area contributed by atoms with Gasteiger partial charge in [0, 0.05) is 13.5 Å². The fraction of sp³-hybridized carbons (Fsp3) is 0.300. The van der Waals surface area contributed by atoms with Crippen LogP contribution in [0.25, 0.3) is 0 Å². The molecule has 0 radical (unpaired) electrons. The minimum absolute atomic E-state index is 0.123. The van der Waals surface area contributed by atoms with E-state index < -0.39 is 0 Å². The Balaban J connectivity index is 1.91. The molecule has 138 valence electrons. The van der Waals surface area contributed by atoms with Gasteiger partial charge in [0.1, 0.15) is 0 Å². The highest BCUT2D eigenvalue weighted by atomic mass is 16.5. The molecule has 0 atom stereocenters. The first kappa shape index (κ1) is 19.3. The summed E-state index contributed by atoms with van der Waals surface area (Å²) in [6.45, 7) is 0. The lowest BCUT2D eigenvalue weighted by molar-refractivity contribution is -0.116. The molecule has 0 spiro atoms. The van der Waals surface area contributed by atoms with Crippen molar-refractivity contribution in [2.45, 2.75) is 19.3 Å². The van der Waals surface area contributed by atoms with E-state index in [1.165, 1.54) is 0 Å². The van der Waals surface area contributed by atoms with E-state index in [2.05, 4.69) is 10.6 Å². The van der Waals surface area contributed by atoms with Gasteiger partial charge in [-0.05, 0) is 42.7 Å². The normalized spacial score (nSPS) is 10.1. The topological polar surface area (TPSA) is 76.7 Å². The Morgan fingerprint density at radius 3 is 2.42 bits per heavy atom. The monoisotopic (exact) mass is 356 g/mol. The van der Waals surface area contributed by atoms with Crippen LogP contribution in [0.2, 0.25) is 0 Å². The molecule has 2 amide bonds. The summed E-state index contributed by atoms with van der Waals surface area (Å²) in [5, 5.41) is 5.38. The molecule has 6 nitrogen and oxygen atoms in total. The SMILES string of the molecule is CNC(=O)c1ccccc1NC(=O)CCCc1ccc(OC)c(OC)c1. The number of anilines is 1. The van der Waals surface area contributed by atoms with Crippen molar-refractivity contribution in [2.75, 3.05) is 26.6 Å². The van der Waals surface area contributed by atoms with Crippen molar-refractivity contribution in [3.63, 3.8) is 0 Å². The summed E-state index contributed by atoms with van der Waals surface area (Å²) in [5.41, 5.74) is 2.03. The summed E-state index contributed by atoms with van der Waals surface area (Å²) < 4.78 is 10.5. The highest BCUT2D eigenvalue weighted by Gasteiger charge is 2.12. The van der Waals surface area contributed by atoms with E-state index in [4.69, 9.17) is 9.47 Å². The lowest BCUT2D eigenvalue weighted by Gasteiger charge is -2.11. The zero-order valence-electron chi connectivity index (χ0n) is 15.3. The number of methoxy groups -OCH3 is 2. The van der Waals surface area contributed by atoms with Crippen molar-refractivity contribution in [3.05, 3.63) is 53.6 Å². The number of benzene rings is 2. The van der Waals surface area contributed by atoms with Gasteiger partial charge in [-0.1, -0.05) is 18.2 Å². The van der Waals surface area contributed by atoms with E-state index in [0.29, 0.717) is 35.6 Å². The Hall–Kier alpha value is -3.02. The minimum atomic E-state index is -0.230. The first-order chi connectivity index (χ1) is 12.6. The van der Waals surface area contributed by atoms with Crippen molar-refractivity contribution in [1.29, 1.82) is 0 Å². The third-order valence-electron chi connectivity index (χ3n) is 3.99. The van der Waals surface area contributed by atoms with Gasteiger partial charge < -0.3 is 20.1 Å². The van der Waals surface area contributed by atoms with Gasteiger partial charge in [-0.2, -0.15) is 0 Å². The number of ether oxygens (including phenoxy) is 2. The van der Waals surface area contributed by atoms with Gasteiger partial charge in [0.25, 0.3) is 5.91 Å². The highest BCUT2D eigenvalue weighted by Crippen LogP contribution is 2.28. The average molecular weight is 356 g/mol. The number of amides is 2. The van der Waals surface area contributed by atoms with Crippen LogP contribution in [-0.4, -0.2) is 33.1 Å². The third kappa shape index (κ3) is 4.99. The maximum Gasteiger partial charge on any atom is 0.253 e. The molecule has 0 aliphatic rings. The van der Waals surface area contributed by atoms with Crippen LogP contribution in [0.4, 0.5) is 5.69 Å². The number of carbonyl (C=O) groups is 2. The molecule has 2 aromatic rings. The maximum atomic E-state index is 12.2. The molecule has 2 rings (SSSR count). The molecule has 0 unspecified atom stereocenters. The Kier molecular flexibility index (Phi) is 7.02. The minimum Gasteiger partial charge on any atom is -0.493 e. The molecule has 0 aromatic heterocycles. The molecular formula is C20H24N2O4. The molecule has 0 heterocycles. The Labute approximate surface area is 153 Å². The van der Waals surface area contributed by atoms with Crippen molar-refractivity contribution in [3.8, 4) is 11.5 Å². The van der Waals surface area contributed by atoms with Crippen LogP contribution >= 0.6 is 0 Å². The number of hydrogen-bond acceptors (Lipinski definition) is 4. The molecular weight excluding hydrogens is 332 g/mol. The van der Waals surface area contributed by atoms with E-state index in [9.17, 15) is 9.59 Å². The second kappa shape index (κ2) is 9.46. The number of aryl methyl sites for hydroxylation is 1. The molecule has 0 bridgehead atoms. The molecule has 0 aliphatic heterocycles. The average Bonchev–Trinajstić information content (AvgIpc) is 2.67. The van der Waals surface area contributed by atoms with Crippen molar-refractivity contribution < 1.29 is 19.1 Å². The molecule has 26 heavy (non-hydrogen) atoms. The van der Waals surface area contributed by atoms with Crippen LogP contribution in [0.3, 0.4) is 0 Å². The summed E-state index contributed by atoms with van der Waals surface area (Å²) in [4.78, 5) is 24.0. The fourth-order valence-electron chi connectivity index (χ4n) is 2.63. The molecule has 0 fully saturated rings. The summed E-state index contributed by atoms with van der Waals surface area (Å²) >= 11 is 0. The molecule has 0 aliphatic carbocycles. The number of carbonyl (C=O) groups excluding carboxylic acids is 2. The lowest BCUT2D eigenvalue weighted by Crippen LogP contribution is -2.21. The fourth-order valence-corrected chi connectivity index (χ4v) is 2.63.